The van der Waals surface area contributed by atoms with Gasteiger partial charge in [0.05, 0.1) is 12.6 Å². The molecule has 0 aromatic heterocycles. The molecule has 0 aliphatic carbocycles. The molecule has 0 fully saturated rings. The van der Waals surface area contributed by atoms with Gasteiger partial charge in [0.1, 0.15) is 0 Å². The molecule has 4 nitrogen and oxygen atoms in total. The number of rotatable bonds is 6. The first kappa shape index (κ1) is 16.2. The second-order valence-corrected chi connectivity index (χ2v) is 5.06. The number of aliphatic hydroxyl groups is 1. The van der Waals surface area contributed by atoms with E-state index in [0.29, 0.717) is 22.2 Å². The van der Waals surface area contributed by atoms with Crippen molar-refractivity contribution in [2.75, 3.05) is 26.7 Å². The van der Waals surface area contributed by atoms with Crippen LogP contribution in [0.1, 0.15) is 18.6 Å². The highest BCUT2D eigenvalue weighted by atomic mass is 35.5. The lowest BCUT2D eigenvalue weighted by molar-refractivity contribution is -0.128. The van der Waals surface area contributed by atoms with E-state index in [9.17, 15) is 9.90 Å². The summed E-state index contributed by atoms with van der Waals surface area (Å²) in [6, 6.07) is 4.92. The Hall–Kier alpha value is -0.810. The Kier molecular flexibility index (Phi) is 6.58. The summed E-state index contributed by atoms with van der Waals surface area (Å²) < 4.78 is 0. The van der Waals surface area contributed by atoms with E-state index in [2.05, 4.69) is 5.32 Å². The van der Waals surface area contributed by atoms with E-state index in [4.69, 9.17) is 23.2 Å². The summed E-state index contributed by atoms with van der Waals surface area (Å²) in [7, 11) is 1.73. The normalized spacial score (nSPS) is 12.3. The van der Waals surface area contributed by atoms with Crippen LogP contribution in [0, 0.1) is 0 Å². The Labute approximate surface area is 123 Å². The Morgan fingerprint density at radius 2 is 2.16 bits per heavy atom. The van der Waals surface area contributed by atoms with Gasteiger partial charge in [-0.25, -0.2) is 0 Å². The maximum atomic E-state index is 11.5. The lowest BCUT2D eigenvalue weighted by Crippen LogP contribution is -2.36. The molecule has 0 spiro atoms. The zero-order chi connectivity index (χ0) is 14.4. The molecule has 1 aromatic carbocycles. The number of hydrogen-bond donors (Lipinski definition) is 2. The standard InChI is InChI=1S/C13H18Cl2N2O2/c1-3-17(2)13(19)8-16-7-12(18)10-6-9(14)4-5-11(10)15/h4-6,12,16,18H,3,7-8H2,1-2H3. The van der Waals surface area contributed by atoms with Crippen molar-refractivity contribution in [2.24, 2.45) is 0 Å². The maximum Gasteiger partial charge on any atom is 0.236 e. The van der Waals surface area contributed by atoms with Gasteiger partial charge in [0, 0.05) is 35.7 Å². The highest BCUT2D eigenvalue weighted by Gasteiger charge is 2.13. The Balaban J connectivity index is 2.49. The third-order valence-electron chi connectivity index (χ3n) is 2.83. The summed E-state index contributed by atoms with van der Waals surface area (Å²) in [6.45, 7) is 2.98. The van der Waals surface area contributed by atoms with E-state index < -0.39 is 6.10 Å². The molecular formula is C13H18Cl2N2O2. The number of hydrogen-bond acceptors (Lipinski definition) is 3. The van der Waals surface area contributed by atoms with Crippen LogP contribution in [-0.2, 0) is 4.79 Å². The predicted octanol–water partition coefficient (Wildman–Crippen LogP) is 2.09. The molecule has 0 aliphatic rings. The molecule has 1 unspecified atom stereocenters. The molecule has 1 rings (SSSR count). The summed E-state index contributed by atoms with van der Waals surface area (Å²) in [5.41, 5.74) is 0.554. The van der Waals surface area contributed by atoms with E-state index in [1.54, 1.807) is 30.1 Å². The van der Waals surface area contributed by atoms with Crippen molar-refractivity contribution in [3.8, 4) is 0 Å². The van der Waals surface area contributed by atoms with Crippen LogP contribution < -0.4 is 5.32 Å². The smallest absolute Gasteiger partial charge is 0.236 e. The Morgan fingerprint density at radius 1 is 1.47 bits per heavy atom. The molecular weight excluding hydrogens is 287 g/mol. The van der Waals surface area contributed by atoms with Crippen molar-refractivity contribution in [2.45, 2.75) is 13.0 Å². The van der Waals surface area contributed by atoms with Gasteiger partial charge in [-0.2, -0.15) is 0 Å². The number of carbonyl (C=O) groups excluding carboxylic acids is 1. The van der Waals surface area contributed by atoms with Crippen molar-refractivity contribution < 1.29 is 9.90 Å². The molecule has 2 N–H and O–H groups in total. The van der Waals surface area contributed by atoms with Crippen LogP contribution >= 0.6 is 23.2 Å². The van der Waals surface area contributed by atoms with Crippen LogP contribution in [0.3, 0.4) is 0 Å². The molecule has 0 saturated carbocycles. The van der Waals surface area contributed by atoms with Crippen molar-refractivity contribution in [3.05, 3.63) is 33.8 Å². The number of amides is 1. The van der Waals surface area contributed by atoms with Gasteiger partial charge in [-0.3, -0.25) is 4.79 Å². The Morgan fingerprint density at radius 3 is 2.79 bits per heavy atom. The van der Waals surface area contributed by atoms with Gasteiger partial charge < -0.3 is 15.3 Å². The summed E-state index contributed by atoms with van der Waals surface area (Å²) >= 11 is 11.8. The minimum Gasteiger partial charge on any atom is -0.387 e. The SMILES string of the molecule is CCN(C)C(=O)CNCC(O)c1cc(Cl)ccc1Cl. The largest absolute Gasteiger partial charge is 0.387 e. The first-order valence-corrected chi connectivity index (χ1v) is 6.79. The number of nitrogens with zero attached hydrogens (tertiary/aromatic N) is 1. The van der Waals surface area contributed by atoms with Crippen LogP contribution in [0.5, 0.6) is 0 Å². The monoisotopic (exact) mass is 304 g/mol. The molecule has 0 saturated heterocycles. The van der Waals surface area contributed by atoms with Gasteiger partial charge in [0.2, 0.25) is 5.91 Å². The van der Waals surface area contributed by atoms with E-state index >= 15 is 0 Å². The Bertz CT molecular complexity index is 441. The number of likely N-dealkylation sites (N-methyl/N-ethyl adjacent to an activating group) is 1. The summed E-state index contributed by atoms with van der Waals surface area (Å²) in [5.74, 6) is -0.0214. The zero-order valence-electron chi connectivity index (χ0n) is 11.0. The van der Waals surface area contributed by atoms with Gasteiger partial charge >= 0.3 is 0 Å². The molecule has 0 radical (unpaired) electrons. The summed E-state index contributed by atoms with van der Waals surface area (Å²) in [6.07, 6.45) is -0.800. The zero-order valence-corrected chi connectivity index (χ0v) is 12.5. The molecule has 0 heterocycles. The average Bonchev–Trinajstić information content (AvgIpc) is 2.40. The molecule has 6 heteroatoms. The quantitative estimate of drug-likeness (QED) is 0.846. The fourth-order valence-corrected chi connectivity index (χ4v) is 1.93. The van der Waals surface area contributed by atoms with E-state index in [1.165, 1.54) is 0 Å². The average molecular weight is 305 g/mol. The molecule has 1 amide bonds. The van der Waals surface area contributed by atoms with Crippen molar-refractivity contribution >= 4 is 29.1 Å². The second-order valence-electron chi connectivity index (χ2n) is 4.22. The van der Waals surface area contributed by atoms with Gasteiger partial charge in [-0.1, -0.05) is 23.2 Å². The van der Waals surface area contributed by atoms with E-state index in [-0.39, 0.29) is 19.0 Å². The number of nitrogens with one attached hydrogen (secondary N) is 1. The summed E-state index contributed by atoms with van der Waals surface area (Å²) in [5, 5.41) is 13.9. The first-order valence-electron chi connectivity index (χ1n) is 6.03. The van der Waals surface area contributed by atoms with Gasteiger partial charge in [0.25, 0.3) is 0 Å². The van der Waals surface area contributed by atoms with Crippen molar-refractivity contribution in [1.29, 1.82) is 0 Å². The van der Waals surface area contributed by atoms with Gasteiger partial charge in [0.15, 0.2) is 0 Å². The number of benzene rings is 1. The minimum atomic E-state index is -0.800. The first-order chi connectivity index (χ1) is 8.95. The molecule has 0 aliphatic heterocycles. The fraction of sp³-hybridized carbons (Fsp3) is 0.462. The summed E-state index contributed by atoms with van der Waals surface area (Å²) in [4.78, 5) is 13.2. The molecule has 1 atom stereocenters. The second kappa shape index (κ2) is 7.70. The van der Waals surface area contributed by atoms with Gasteiger partial charge in [-0.15, -0.1) is 0 Å². The van der Waals surface area contributed by atoms with Crippen molar-refractivity contribution in [3.63, 3.8) is 0 Å². The van der Waals surface area contributed by atoms with E-state index in [0.717, 1.165) is 0 Å². The third-order valence-corrected chi connectivity index (χ3v) is 3.41. The van der Waals surface area contributed by atoms with Crippen LogP contribution in [0.15, 0.2) is 18.2 Å². The number of halogens is 2. The lowest BCUT2D eigenvalue weighted by atomic mass is 10.1. The van der Waals surface area contributed by atoms with Crippen LogP contribution in [0.25, 0.3) is 0 Å². The maximum absolute atomic E-state index is 11.5. The molecule has 19 heavy (non-hydrogen) atoms. The third kappa shape index (κ3) is 4.99. The number of carbonyl (C=O) groups is 1. The predicted molar refractivity (Wildman–Crippen MR) is 77.6 cm³/mol. The van der Waals surface area contributed by atoms with Crippen LogP contribution in [0.2, 0.25) is 10.0 Å². The van der Waals surface area contributed by atoms with Gasteiger partial charge in [-0.05, 0) is 25.1 Å². The molecule has 1 aromatic rings. The molecule has 0 bridgehead atoms. The molecule has 106 valence electrons. The van der Waals surface area contributed by atoms with Crippen LogP contribution in [0.4, 0.5) is 0 Å². The number of aliphatic hydroxyl groups excluding tert-OH is 1. The topological polar surface area (TPSA) is 52.6 Å². The highest BCUT2D eigenvalue weighted by Crippen LogP contribution is 2.25. The van der Waals surface area contributed by atoms with Crippen LogP contribution in [-0.4, -0.2) is 42.6 Å². The van der Waals surface area contributed by atoms with E-state index in [1.807, 2.05) is 6.92 Å². The van der Waals surface area contributed by atoms with Crippen molar-refractivity contribution in [1.82, 2.24) is 10.2 Å². The minimum absolute atomic E-state index is 0.0214. The fourth-order valence-electron chi connectivity index (χ4n) is 1.51. The lowest BCUT2D eigenvalue weighted by Gasteiger charge is -2.17. The highest BCUT2D eigenvalue weighted by molar-refractivity contribution is 6.33.